The molecule has 1 saturated carbocycles. The molecule has 0 aliphatic heterocycles. The van der Waals surface area contributed by atoms with Gasteiger partial charge in [0, 0.05) is 30.4 Å². The number of hydrogen-bond acceptors (Lipinski definition) is 7. The van der Waals surface area contributed by atoms with Gasteiger partial charge < -0.3 is 15.2 Å². The van der Waals surface area contributed by atoms with Crippen molar-refractivity contribution in [2.24, 2.45) is 23.2 Å². The van der Waals surface area contributed by atoms with Gasteiger partial charge in [0.15, 0.2) is 5.13 Å². The number of carbonyl (C=O) groups excluding carboxylic acids is 2. The van der Waals surface area contributed by atoms with Gasteiger partial charge in [0.25, 0.3) is 5.91 Å². The number of thiophene rings is 1. The van der Waals surface area contributed by atoms with E-state index >= 15 is 0 Å². The second kappa shape index (κ2) is 9.82. The lowest BCUT2D eigenvalue weighted by atomic mass is 9.53. The summed E-state index contributed by atoms with van der Waals surface area (Å²) in [6.07, 6.45) is 2.02. The van der Waals surface area contributed by atoms with Crippen LogP contribution in [0.1, 0.15) is 59.8 Å². The lowest BCUT2D eigenvalue weighted by Gasteiger charge is -2.53. The molecule has 2 aromatic rings. The zero-order valence-corrected chi connectivity index (χ0v) is 21.2. The number of nitrogens with zero attached hydrogens (tertiary/aromatic N) is 1. The quantitative estimate of drug-likeness (QED) is 0.510. The predicted molar refractivity (Wildman–Crippen MR) is 131 cm³/mol. The van der Waals surface area contributed by atoms with Crippen molar-refractivity contribution in [2.75, 3.05) is 25.6 Å². The summed E-state index contributed by atoms with van der Waals surface area (Å²) in [5, 5.41) is 19.9. The lowest BCUT2D eigenvalue weighted by Crippen LogP contribution is -2.53. The highest BCUT2D eigenvalue weighted by Crippen LogP contribution is 2.57. The Morgan fingerprint density at radius 1 is 1.42 bits per heavy atom. The van der Waals surface area contributed by atoms with Crippen LogP contribution in [0.25, 0.3) is 0 Å². The van der Waals surface area contributed by atoms with Crippen LogP contribution in [0.5, 0.6) is 0 Å². The number of fused-ring (bicyclic) bond motifs is 2. The summed E-state index contributed by atoms with van der Waals surface area (Å²) in [5.74, 6) is -0.473. The molecule has 0 aromatic carbocycles. The van der Waals surface area contributed by atoms with Gasteiger partial charge in [-0.2, -0.15) is 0 Å². The van der Waals surface area contributed by atoms with E-state index in [0.717, 1.165) is 25.0 Å². The normalized spacial score (nSPS) is 29.6. The first-order chi connectivity index (χ1) is 15.7. The fraction of sp³-hybridized carbons (Fsp3) is 0.625. The number of amides is 2. The van der Waals surface area contributed by atoms with Crippen molar-refractivity contribution < 1.29 is 19.4 Å². The number of ether oxygens (including phenoxy) is 1. The third kappa shape index (κ3) is 4.73. The number of carbonyl (C=O) groups is 2. The Labute approximate surface area is 203 Å². The maximum atomic E-state index is 12.7. The Kier molecular flexibility index (Phi) is 7.23. The van der Waals surface area contributed by atoms with Crippen LogP contribution in [0, 0.1) is 23.2 Å². The number of aliphatic hydroxyl groups excluding tert-OH is 1. The summed E-state index contributed by atoms with van der Waals surface area (Å²) in [6.45, 7) is 7.24. The van der Waals surface area contributed by atoms with Gasteiger partial charge in [0.2, 0.25) is 5.91 Å². The van der Waals surface area contributed by atoms with E-state index in [2.05, 4.69) is 24.5 Å². The van der Waals surface area contributed by atoms with E-state index < -0.39 is 6.10 Å². The molecular formula is C24H33N3O4S2. The van der Waals surface area contributed by atoms with E-state index in [1.807, 2.05) is 18.4 Å². The Morgan fingerprint density at radius 2 is 2.21 bits per heavy atom. The molecule has 6 atom stereocenters. The molecule has 0 bridgehead atoms. The Bertz CT molecular complexity index is 992. The SMILES string of the molecule is COCCNC(=O)[C@@H](C)[C@H]1CC[C@]2(C)Cc3sc(NC(=O)c4cccs4)nc3[C@H](C)[C@@H]2[C@H]1O. The number of anilines is 1. The highest BCUT2D eigenvalue weighted by Gasteiger charge is 2.53. The highest BCUT2D eigenvalue weighted by molar-refractivity contribution is 7.16. The van der Waals surface area contributed by atoms with Gasteiger partial charge in [0.05, 0.1) is 23.3 Å². The summed E-state index contributed by atoms with van der Waals surface area (Å²) in [4.78, 5) is 31.8. The van der Waals surface area contributed by atoms with Gasteiger partial charge in [-0.15, -0.1) is 22.7 Å². The summed E-state index contributed by atoms with van der Waals surface area (Å²) in [6, 6.07) is 3.66. The second-order valence-corrected chi connectivity index (χ2v) is 11.7. The smallest absolute Gasteiger partial charge is 0.267 e. The summed E-state index contributed by atoms with van der Waals surface area (Å²) < 4.78 is 5.02. The first-order valence-corrected chi connectivity index (χ1v) is 13.2. The first-order valence-electron chi connectivity index (χ1n) is 11.5. The topological polar surface area (TPSA) is 101 Å². The van der Waals surface area contributed by atoms with Gasteiger partial charge in [0.1, 0.15) is 0 Å². The molecule has 1 fully saturated rings. The largest absolute Gasteiger partial charge is 0.392 e. The highest BCUT2D eigenvalue weighted by atomic mass is 32.1. The van der Waals surface area contributed by atoms with Crippen LogP contribution in [0.4, 0.5) is 5.13 Å². The van der Waals surface area contributed by atoms with Crippen LogP contribution >= 0.6 is 22.7 Å². The average Bonchev–Trinajstić information content (AvgIpc) is 3.43. The molecule has 3 N–H and O–H groups in total. The van der Waals surface area contributed by atoms with E-state index in [1.54, 1.807) is 24.5 Å². The molecule has 9 heteroatoms. The number of nitrogens with one attached hydrogen (secondary N) is 2. The Hall–Kier alpha value is -1.81. The Balaban J connectivity index is 1.51. The van der Waals surface area contributed by atoms with Gasteiger partial charge >= 0.3 is 0 Å². The van der Waals surface area contributed by atoms with Crippen molar-refractivity contribution in [1.82, 2.24) is 10.3 Å². The number of hydrogen-bond donors (Lipinski definition) is 3. The molecule has 2 aliphatic carbocycles. The maximum absolute atomic E-state index is 12.7. The summed E-state index contributed by atoms with van der Waals surface area (Å²) in [7, 11) is 1.61. The predicted octanol–water partition coefficient (Wildman–Crippen LogP) is 3.91. The average molecular weight is 492 g/mol. The van der Waals surface area contributed by atoms with E-state index in [0.29, 0.717) is 23.2 Å². The number of aromatic nitrogens is 1. The van der Waals surface area contributed by atoms with Crippen molar-refractivity contribution in [1.29, 1.82) is 0 Å². The van der Waals surface area contributed by atoms with Crippen LogP contribution in [-0.2, 0) is 16.0 Å². The zero-order valence-electron chi connectivity index (χ0n) is 19.6. The number of rotatable bonds is 7. The molecule has 0 radical (unpaired) electrons. The molecule has 7 nitrogen and oxygen atoms in total. The molecule has 180 valence electrons. The van der Waals surface area contributed by atoms with E-state index in [9.17, 15) is 14.7 Å². The van der Waals surface area contributed by atoms with Crippen molar-refractivity contribution in [2.45, 2.75) is 52.1 Å². The minimum Gasteiger partial charge on any atom is -0.392 e. The van der Waals surface area contributed by atoms with Crippen molar-refractivity contribution in [3.05, 3.63) is 33.0 Å². The molecule has 2 aliphatic rings. The summed E-state index contributed by atoms with van der Waals surface area (Å²) >= 11 is 2.95. The Morgan fingerprint density at radius 3 is 2.91 bits per heavy atom. The first kappa shape index (κ1) is 24.3. The zero-order chi connectivity index (χ0) is 23.8. The molecule has 33 heavy (non-hydrogen) atoms. The van der Waals surface area contributed by atoms with Gasteiger partial charge in [-0.1, -0.05) is 26.8 Å². The molecule has 2 heterocycles. The second-order valence-electron chi connectivity index (χ2n) is 9.67. The van der Waals surface area contributed by atoms with Crippen molar-refractivity contribution >= 4 is 39.6 Å². The molecule has 0 saturated heterocycles. The standard InChI is InChI=1S/C24H33N3O4S2/c1-13(21(29)25-9-10-31-4)15-7-8-24(3)12-17-19(14(2)18(24)20(15)28)26-23(33-17)27-22(30)16-6-5-11-32-16/h5-6,11,13-15,18,20,28H,7-10,12H2,1-4H3,(H,25,29)(H,26,27,30)/t13-,14+,15+,18+,20-,24+/m0/s1. The van der Waals surface area contributed by atoms with Crippen LogP contribution in [0.15, 0.2) is 17.5 Å². The van der Waals surface area contributed by atoms with Crippen molar-refractivity contribution in [3.8, 4) is 0 Å². The lowest BCUT2D eigenvalue weighted by molar-refractivity contribution is -0.135. The van der Waals surface area contributed by atoms with Crippen LogP contribution in [-0.4, -0.2) is 48.3 Å². The van der Waals surface area contributed by atoms with Crippen LogP contribution in [0.2, 0.25) is 0 Å². The molecular weight excluding hydrogens is 458 g/mol. The van der Waals surface area contributed by atoms with Gasteiger partial charge in [-0.3, -0.25) is 14.9 Å². The number of methoxy groups -OCH3 is 1. The molecule has 2 aromatic heterocycles. The van der Waals surface area contributed by atoms with Gasteiger partial charge in [-0.05, 0) is 48.0 Å². The maximum Gasteiger partial charge on any atom is 0.267 e. The summed E-state index contributed by atoms with van der Waals surface area (Å²) in [5.41, 5.74) is 0.914. The molecule has 0 spiro atoms. The van der Waals surface area contributed by atoms with E-state index in [-0.39, 0.29) is 40.9 Å². The third-order valence-corrected chi connectivity index (χ3v) is 9.40. The van der Waals surface area contributed by atoms with Crippen molar-refractivity contribution in [3.63, 3.8) is 0 Å². The fourth-order valence-corrected chi connectivity index (χ4v) is 7.68. The minimum absolute atomic E-state index is 0.0147. The minimum atomic E-state index is -0.582. The van der Waals surface area contributed by atoms with Crippen LogP contribution in [0.3, 0.4) is 0 Å². The molecule has 0 unspecified atom stereocenters. The third-order valence-electron chi connectivity index (χ3n) is 7.55. The van der Waals surface area contributed by atoms with Gasteiger partial charge in [-0.25, -0.2) is 4.98 Å². The molecule has 4 rings (SSSR count). The van der Waals surface area contributed by atoms with E-state index in [1.165, 1.54) is 16.2 Å². The van der Waals surface area contributed by atoms with E-state index in [4.69, 9.17) is 9.72 Å². The molecule has 2 amide bonds. The number of aliphatic hydroxyl groups is 1. The number of thiazole rings is 1. The fourth-order valence-electron chi connectivity index (χ4n) is 5.80. The van der Waals surface area contributed by atoms with Crippen LogP contribution < -0.4 is 10.6 Å². The monoisotopic (exact) mass is 491 g/mol.